The van der Waals surface area contributed by atoms with Crippen LogP contribution in [0.4, 0.5) is 8.78 Å². The third-order valence-corrected chi connectivity index (χ3v) is 14.3. The first-order chi connectivity index (χ1) is 37.9. The molecule has 77 heavy (non-hydrogen) atoms. The summed E-state index contributed by atoms with van der Waals surface area (Å²) in [6.45, 7) is 1.91. The SMILES string of the molecule is Cc1cc(-n2c3ccccc3c3ccc(-c4nc(-c5ccccc5)nc(-c5ccccc5)n4)cc32)c(-n2c3ccccc3c3ccc(-c4nc(-c5ccccc5)nc(-c5ccccc5)n4)cc32)cc1-c1c(F)cccc1F. The van der Waals surface area contributed by atoms with Crippen molar-refractivity contribution in [3.05, 3.63) is 254 Å². The van der Waals surface area contributed by atoms with Crippen LogP contribution in [0, 0.1) is 18.6 Å². The third-order valence-electron chi connectivity index (χ3n) is 14.3. The molecule has 0 aliphatic rings. The van der Waals surface area contributed by atoms with Gasteiger partial charge in [-0.05, 0) is 66.6 Å². The van der Waals surface area contributed by atoms with E-state index >= 15 is 8.78 Å². The number of hydrogen-bond donors (Lipinski definition) is 0. The van der Waals surface area contributed by atoms with E-state index in [1.165, 1.54) is 18.2 Å². The summed E-state index contributed by atoms with van der Waals surface area (Å²) in [6, 6.07) is 76.8. The number of aromatic nitrogens is 8. The van der Waals surface area contributed by atoms with Gasteiger partial charge in [-0.1, -0.05) is 188 Å². The van der Waals surface area contributed by atoms with Gasteiger partial charge in [0.1, 0.15) is 11.6 Å². The van der Waals surface area contributed by atoms with Crippen LogP contribution in [0.15, 0.2) is 237 Å². The first kappa shape index (κ1) is 45.3. The van der Waals surface area contributed by atoms with Gasteiger partial charge in [-0.25, -0.2) is 38.7 Å². The maximum atomic E-state index is 16.2. The van der Waals surface area contributed by atoms with Crippen LogP contribution in [0.2, 0.25) is 0 Å². The molecule has 10 heteroatoms. The first-order valence-electron chi connectivity index (χ1n) is 25.3. The molecule has 364 valence electrons. The van der Waals surface area contributed by atoms with Crippen molar-refractivity contribution >= 4 is 43.6 Å². The molecule has 0 bridgehead atoms. The van der Waals surface area contributed by atoms with Crippen LogP contribution in [0.1, 0.15) is 5.56 Å². The Morgan fingerprint density at radius 2 is 0.610 bits per heavy atom. The minimum absolute atomic E-state index is 0.103. The predicted molar refractivity (Wildman–Crippen MR) is 305 cm³/mol. The average Bonchev–Trinajstić information content (AvgIpc) is 4.20. The van der Waals surface area contributed by atoms with E-state index in [-0.39, 0.29) is 5.56 Å². The van der Waals surface area contributed by atoms with E-state index in [4.69, 9.17) is 29.9 Å². The number of hydrogen-bond acceptors (Lipinski definition) is 6. The molecule has 8 nitrogen and oxygen atoms in total. The van der Waals surface area contributed by atoms with Crippen molar-refractivity contribution in [1.29, 1.82) is 0 Å². The molecule has 0 aliphatic carbocycles. The second kappa shape index (κ2) is 18.6. The fourth-order valence-electron chi connectivity index (χ4n) is 10.7. The summed E-state index contributed by atoms with van der Waals surface area (Å²) in [6.07, 6.45) is 0. The molecule has 4 aromatic heterocycles. The number of halogens is 2. The first-order valence-corrected chi connectivity index (χ1v) is 25.3. The van der Waals surface area contributed by atoms with Gasteiger partial charge in [0.2, 0.25) is 0 Å². The zero-order valence-corrected chi connectivity index (χ0v) is 41.4. The lowest BCUT2D eigenvalue weighted by molar-refractivity contribution is 0.589. The van der Waals surface area contributed by atoms with E-state index in [1.807, 2.05) is 165 Å². The van der Waals surface area contributed by atoms with E-state index in [0.29, 0.717) is 51.8 Å². The molecular formula is C67H42F2N8. The Bertz CT molecular complexity index is 4460. The van der Waals surface area contributed by atoms with Crippen LogP contribution in [-0.2, 0) is 0 Å². The number of para-hydroxylation sites is 2. The summed E-state index contributed by atoms with van der Waals surface area (Å²) in [5.41, 5.74) is 11.0. The second-order valence-electron chi connectivity index (χ2n) is 19.0. The van der Waals surface area contributed by atoms with Crippen LogP contribution in [0.25, 0.3) is 134 Å². The lowest BCUT2D eigenvalue weighted by Gasteiger charge is -2.21. The van der Waals surface area contributed by atoms with Crippen molar-refractivity contribution in [3.63, 3.8) is 0 Å². The van der Waals surface area contributed by atoms with Gasteiger partial charge >= 0.3 is 0 Å². The van der Waals surface area contributed by atoms with Crippen molar-refractivity contribution in [1.82, 2.24) is 39.0 Å². The fraction of sp³-hybridized carbons (Fsp3) is 0.0149. The van der Waals surface area contributed by atoms with Crippen molar-refractivity contribution in [2.45, 2.75) is 6.92 Å². The van der Waals surface area contributed by atoms with Crippen molar-refractivity contribution < 1.29 is 8.78 Å². The summed E-state index contributed by atoms with van der Waals surface area (Å²) in [5, 5.41) is 3.99. The Morgan fingerprint density at radius 3 is 1.00 bits per heavy atom. The predicted octanol–water partition coefficient (Wildman–Crippen LogP) is 16.5. The Labute approximate surface area is 441 Å². The van der Waals surface area contributed by atoms with Gasteiger partial charge < -0.3 is 9.13 Å². The van der Waals surface area contributed by atoms with E-state index in [1.54, 1.807) is 0 Å². The lowest BCUT2D eigenvalue weighted by Crippen LogP contribution is -2.06. The maximum Gasteiger partial charge on any atom is 0.164 e. The number of rotatable bonds is 9. The Morgan fingerprint density at radius 1 is 0.286 bits per heavy atom. The smallest absolute Gasteiger partial charge is 0.164 e. The van der Waals surface area contributed by atoms with Crippen LogP contribution in [0.3, 0.4) is 0 Å². The van der Waals surface area contributed by atoms with E-state index in [2.05, 4.69) is 69.8 Å². The summed E-state index contributed by atoms with van der Waals surface area (Å²) < 4.78 is 36.9. The quantitative estimate of drug-likeness (QED) is 0.143. The average molecular weight is 997 g/mol. The molecule has 0 spiro atoms. The largest absolute Gasteiger partial charge is 0.307 e. The van der Waals surface area contributed by atoms with E-state index < -0.39 is 11.6 Å². The molecule has 0 saturated heterocycles. The molecule has 0 saturated carbocycles. The third kappa shape index (κ3) is 7.89. The molecule has 0 atom stereocenters. The molecule has 14 aromatic rings. The zero-order chi connectivity index (χ0) is 51.6. The summed E-state index contributed by atoms with van der Waals surface area (Å²) in [4.78, 5) is 30.4. The van der Waals surface area contributed by atoms with Gasteiger partial charge in [-0.2, -0.15) is 0 Å². The summed E-state index contributed by atoms with van der Waals surface area (Å²) in [5.74, 6) is 1.90. The molecule has 10 aromatic carbocycles. The van der Waals surface area contributed by atoms with Gasteiger partial charge in [0.05, 0.1) is 39.0 Å². The Kier molecular flexibility index (Phi) is 10.9. The second-order valence-corrected chi connectivity index (χ2v) is 19.0. The van der Waals surface area contributed by atoms with Gasteiger partial charge in [-0.15, -0.1) is 0 Å². The maximum absolute atomic E-state index is 16.2. The zero-order valence-electron chi connectivity index (χ0n) is 41.4. The molecule has 14 rings (SSSR count). The lowest BCUT2D eigenvalue weighted by atomic mass is 9.97. The highest BCUT2D eigenvalue weighted by Gasteiger charge is 2.25. The van der Waals surface area contributed by atoms with Gasteiger partial charge in [-0.3, -0.25) is 0 Å². The molecule has 0 fully saturated rings. The van der Waals surface area contributed by atoms with Crippen LogP contribution < -0.4 is 0 Å². The monoisotopic (exact) mass is 996 g/mol. The highest BCUT2D eigenvalue weighted by molar-refractivity contribution is 6.12. The van der Waals surface area contributed by atoms with Crippen molar-refractivity contribution in [2.24, 2.45) is 0 Å². The van der Waals surface area contributed by atoms with Gasteiger partial charge in [0.25, 0.3) is 0 Å². The topological polar surface area (TPSA) is 87.2 Å². The van der Waals surface area contributed by atoms with E-state index in [9.17, 15) is 0 Å². The summed E-state index contributed by atoms with van der Waals surface area (Å²) in [7, 11) is 0. The van der Waals surface area contributed by atoms with Crippen LogP contribution in [-0.4, -0.2) is 39.0 Å². The standard InChI is InChI=1S/C67H42F2N8/c1-41-37-59(76-55-31-16-14-27-48(55)50-35-33-46(38-57(50)76)66-72-62(42-19-6-2-7-20-42)70-63(73-66)43-21-8-3-9-22-43)60(40-52(41)61-53(68)29-18-30-54(61)69)77-56-32-17-15-28-49(56)51-36-34-47(39-58(51)77)67-74-64(44-23-10-4-11-24-44)71-65(75-67)45-25-12-5-13-26-45/h2-40H,1H3. The molecule has 0 amide bonds. The number of aryl methyl sites for hydroxylation is 1. The normalized spacial score (nSPS) is 11.6. The minimum Gasteiger partial charge on any atom is -0.307 e. The fourth-order valence-corrected chi connectivity index (χ4v) is 10.7. The molecule has 0 N–H and O–H groups in total. The molecule has 4 heterocycles. The summed E-state index contributed by atoms with van der Waals surface area (Å²) >= 11 is 0. The molecule has 0 unspecified atom stereocenters. The van der Waals surface area contributed by atoms with E-state index in [0.717, 1.165) is 82.7 Å². The van der Waals surface area contributed by atoms with Gasteiger partial charge in [0.15, 0.2) is 34.9 Å². The van der Waals surface area contributed by atoms with Crippen LogP contribution >= 0.6 is 0 Å². The molecule has 0 radical (unpaired) electrons. The molecule has 0 aliphatic heterocycles. The minimum atomic E-state index is -0.654. The Hall–Kier alpha value is -10.3. The van der Waals surface area contributed by atoms with Crippen molar-refractivity contribution in [2.75, 3.05) is 0 Å². The van der Waals surface area contributed by atoms with Crippen molar-refractivity contribution in [3.8, 4) is 90.8 Å². The number of benzene rings is 10. The highest BCUT2D eigenvalue weighted by Crippen LogP contribution is 2.43. The Balaban J connectivity index is 1.05. The molecular weight excluding hydrogens is 955 g/mol. The van der Waals surface area contributed by atoms with Crippen LogP contribution in [0.5, 0.6) is 0 Å². The number of nitrogens with zero attached hydrogens (tertiary/aromatic N) is 8. The van der Waals surface area contributed by atoms with Gasteiger partial charge in [0, 0.05) is 54.9 Å². The highest BCUT2D eigenvalue weighted by atomic mass is 19.1. The number of fused-ring (bicyclic) bond motifs is 6.